The molecule has 0 unspecified atom stereocenters. The van der Waals surface area contributed by atoms with E-state index in [1.54, 1.807) is 28.8 Å². The van der Waals surface area contributed by atoms with Crippen molar-refractivity contribution in [3.05, 3.63) is 76.9 Å². The van der Waals surface area contributed by atoms with Gasteiger partial charge in [-0.15, -0.1) is 5.10 Å². The predicted octanol–water partition coefficient (Wildman–Crippen LogP) is 3.11. The average molecular weight is 420 g/mol. The Labute approximate surface area is 177 Å². The molecule has 0 radical (unpaired) electrons. The number of hydrogen-bond donors (Lipinski definition) is 2. The Kier molecular flexibility index (Phi) is 5.48. The van der Waals surface area contributed by atoms with E-state index in [1.165, 1.54) is 12.1 Å². The van der Waals surface area contributed by atoms with Crippen LogP contribution in [0.2, 0.25) is 0 Å². The van der Waals surface area contributed by atoms with Crippen molar-refractivity contribution in [3.8, 4) is 11.5 Å². The number of nitrogens with one attached hydrogen (secondary N) is 1. The number of carbonyl (C=O) groups excluding carboxylic acids is 1. The SMILES string of the molecule is Cc1nc2nc(N)nn2c(C)c1CC(=O)NCc1ccc(Oc2ccc(F)cc2)cc1. The maximum absolute atomic E-state index is 13.0. The Morgan fingerprint density at radius 1 is 1.06 bits per heavy atom. The summed E-state index contributed by atoms with van der Waals surface area (Å²) in [5.74, 6) is 1.28. The minimum Gasteiger partial charge on any atom is -0.457 e. The number of halogens is 1. The van der Waals surface area contributed by atoms with E-state index in [4.69, 9.17) is 10.5 Å². The standard InChI is InChI=1S/C22H21FN6O2/c1-13-19(14(2)29-22(26-13)27-21(24)28-29)11-20(30)25-12-15-3-7-17(8-4-15)31-18-9-5-16(23)6-10-18/h3-10H,11-12H2,1-2H3,(H2,24,28)(H,25,30). The number of aryl methyl sites for hydroxylation is 2. The number of aromatic nitrogens is 4. The summed E-state index contributed by atoms with van der Waals surface area (Å²) in [4.78, 5) is 20.9. The van der Waals surface area contributed by atoms with E-state index in [1.807, 2.05) is 26.0 Å². The first kappa shape index (κ1) is 20.3. The molecule has 0 saturated carbocycles. The number of nitrogen functional groups attached to an aromatic ring is 1. The molecule has 31 heavy (non-hydrogen) atoms. The van der Waals surface area contributed by atoms with Crippen molar-refractivity contribution in [2.75, 3.05) is 5.73 Å². The van der Waals surface area contributed by atoms with Gasteiger partial charge >= 0.3 is 0 Å². The first-order valence-electron chi connectivity index (χ1n) is 9.66. The molecule has 0 saturated heterocycles. The number of anilines is 1. The fourth-order valence-corrected chi connectivity index (χ4v) is 3.22. The second-order valence-corrected chi connectivity index (χ2v) is 7.10. The molecule has 4 aromatic rings. The van der Waals surface area contributed by atoms with Crippen molar-refractivity contribution >= 4 is 17.6 Å². The average Bonchev–Trinajstić information content (AvgIpc) is 3.12. The van der Waals surface area contributed by atoms with Crippen molar-refractivity contribution in [3.63, 3.8) is 0 Å². The number of carbonyl (C=O) groups is 1. The number of nitrogens with two attached hydrogens (primary N) is 1. The highest BCUT2D eigenvalue weighted by Crippen LogP contribution is 2.22. The van der Waals surface area contributed by atoms with Gasteiger partial charge in [-0.3, -0.25) is 4.79 Å². The van der Waals surface area contributed by atoms with Crippen LogP contribution in [0.4, 0.5) is 10.3 Å². The largest absolute Gasteiger partial charge is 0.457 e. The summed E-state index contributed by atoms with van der Waals surface area (Å²) in [6, 6.07) is 13.1. The van der Waals surface area contributed by atoms with Crippen LogP contribution in [0.15, 0.2) is 48.5 Å². The summed E-state index contributed by atoms with van der Waals surface area (Å²) >= 11 is 0. The zero-order chi connectivity index (χ0) is 22.0. The molecule has 3 N–H and O–H groups in total. The zero-order valence-corrected chi connectivity index (χ0v) is 17.1. The van der Waals surface area contributed by atoms with Crippen LogP contribution >= 0.6 is 0 Å². The Hall–Kier alpha value is -4.01. The minimum absolute atomic E-state index is 0.132. The Balaban J connectivity index is 1.36. The summed E-state index contributed by atoms with van der Waals surface area (Å²) in [5, 5.41) is 7.03. The maximum Gasteiger partial charge on any atom is 0.254 e. The lowest BCUT2D eigenvalue weighted by Gasteiger charge is -2.11. The van der Waals surface area contributed by atoms with Gasteiger partial charge in [0.15, 0.2) is 0 Å². The van der Waals surface area contributed by atoms with Crippen molar-refractivity contribution in [1.82, 2.24) is 24.9 Å². The van der Waals surface area contributed by atoms with Gasteiger partial charge in [0.05, 0.1) is 6.42 Å². The molecule has 0 aliphatic carbocycles. The summed E-state index contributed by atoms with van der Waals surface area (Å²) in [7, 11) is 0. The minimum atomic E-state index is -0.315. The van der Waals surface area contributed by atoms with Gasteiger partial charge in [0.1, 0.15) is 17.3 Å². The van der Waals surface area contributed by atoms with Gasteiger partial charge in [0.2, 0.25) is 11.9 Å². The molecule has 158 valence electrons. The molecule has 0 aliphatic heterocycles. The van der Waals surface area contributed by atoms with E-state index in [9.17, 15) is 9.18 Å². The third-order valence-corrected chi connectivity index (χ3v) is 4.87. The zero-order valence-electron chi connectivity index (χ0n) is 17.1. The topological polar surface area (TPSA) is 107 Å². The Bertz CT molecular complexity index is 1240. The molecule has 0 atom stereocenters. The first-order valence-corrected chi connectivity index (χ1v) is 9.66. The van der Waals surface area contributed by atoms with Crippen LogP contribution in [0.1, 0.15) is 22.5 Å². The van der Waals surface area contributed by atoms with E-state index in [-0.39, 0.29) is 24.1 Å². The third kappa shape index (κ3) is 4.61. The van der Waals surface area contributed by atoms with Crippen molar-refractivity contribution < 1.29 is 13.9 Å². The molecule has 2 aromatic carbocycles. The van der Waals surface area contributed by atoms with Crippen LogP contribution in [0.3, 0.4) is 0 Å². The van der Waals surface area contributed by atoms with E-state index >= 15 is 0 Å². The van der Waals surface area contributed by atoms with Gasteiger partial charge in [-0.05, 0) is 55.8 Å². The number of rotatable bonds is 6. The predicted molar refractivity (Wildman–Crippen MR) is 113 cm³/mol. The van der Waals surface area contributed by atoms with Gasteiger partial charge in [-0.25, -0.2) is 9.37 Å². The van der Waals surface area contributed by atoms with Crippen LogP contribution < -0.4 is 15.8 Å². The van der Waals surface area contributed by atoms with E-state index in [2.05, 4.69) is 20.4 Å². The molecule has 0 aliphatic rings. The molecule has 8 nitrogen and oxygen atoms in total. The number of ether oxygens (including phenoxy) is 1. The molecule has 2 aromatic heterocycles. The smallest absolute Gasteiger partial charge is 0.254 e. The number of nitrogens with zero attached hydrogens (tertiary/aromatic N) is 4. The van der Waals surface area contributed by atoms with E-state index in [0.717, 1.165) is 22.5 Å². The highest BCUT2D eigenvalue weighted by atomic mass is 19.1. The van der Waals surface area contributed by atoms with Crippen LogP contribution in [0, 0.1) is 19.7 Å². The van der Waals surface area contributed by atoms with Gasteiger partial charge in [0, 0.05) is 23.5 Å². The molecule has 4 rings (SSSR count). The normalized spacial score (nSPS) is 10.9. The highest BCUT2D eigenvalue weighted by molar-refractivity contribution is 5.79. The Morgan fingerprint density at radius 2 is 1.71 bits per heavy atom. The monoisotopic (exact) mass is 420 g/mol. The summed E-state index contributed by atoms with van der Waals surface area (Å²) < 4.78 is 20.2. The highest BCUT2D eigenvalue weighted by Gasteiger charge is 2.15. The van der Waals surface area contributed by atoms with E-state index < -0.39 is 0 Å². The van der Waals surface area contributed by atoms with E-state index in [0.29, 0.717) is 23.8 Å². The van der Waals surface area contributed by atoms with Gasteiger partial charge in [-0.1, -0.05) is 12.1 Å². The molecule has 0 spiro atoms. The second kappa shape index (κ2) is 8.39. The number of benzene rings is 2. The third-order valence-electron chi connectivity index (χ3n) is 4.87. The Morgan fingerprint density at radius 3 is 2.39 bits per heavy atom. The lowest BCUT2D eigenvalue weighted by atomic mass is 10.1. The summed E-state index contributed by atoms with van der Waals surface area (Å²) in [5.41, 5.74) is 8.86. The maximum atomic E-state index is 13.0. The first-order chi connectivity index (χ1) is 14.9. The van der Waals surface area contributed by atoms with Crippen molar-refractivity contribution in [2.24, 2.45) is 0 Å². The second-order valence-electron chi connectivity index (χ2n) is 7.10. The molecule has 0 fully saturated rings. The fourth-order valence-electron chi connectivity index (χ4n) is 3.22. The van der Waals surface area contributed by atoms with Gasteiger partial charge in [0.25, 0.3) is 5.78 Å². The lowest BCUT2D eigenvalue weighted by Crippen LogP contribution is -2.25. The summed E-state index contributed by atoms with van der Waals surface area (Å²) in [6.07, 6.45) is 0.173. The molecular formula is C22H21FN6O2. The number of hydrogen-bond acceptors (Lipinski definition) is 6. The molecule has 0 bridgehead atoms. The molecule has 2 heterocycles. The molecular weight excluding hydrogens is 399 g/mol. The lowest BCUT2D eigenvalue weighted by molar-refractivity contribution is -0.120. The van der Waals surface area contributed by atoms with Crippen LogP contribution in [0.25, 0.3) is 5.78 Å². The van der Waals surface area contributed by atoms with Crippen LogP contribution in [-0.2, 0) is 17.8 Å². The van der Waals surface area contributed by atoms with Gasteiger partial charge < -0.3 is 15.8 Å². The molecule has 9 heteroatoms. The summed E-state index contributed by atoms with van der Waals surface area (Å²) in [6.45, 7) is 4.07. The van der Waals surface area contributed by atoms with Crippen molar-refractivity contribution in [1.29, 1.82) is 0 Å². The quantitative estimate of drug-likeness (QED) is 0.496. The van der Waals surface area contributed by atoms with Crippen LogP contribution in [0.5, 0.6) is 11.5 Å². The number of fused-ring (bicyclic) bond motifs is 1. The number of amides is 1. The van der Waals surface area contributed by atoms with Crippen LogP contribution in [-0.4, -0.2) is 25.5 Å². The van der Waals surface area contributed by atoms with Crippen molar-refractivity contribution in [2.45, 2.75) is 26.8 Å². The molecule has 1 amide bonds. The van der Waals surface area contributed by atoms with Gasteiger partial charge in [-0.2, -0.15) is 9.50 Å². The fraction of sp³-hybridized carbons (Fsp3) is 0.182.